The van der Waals surface area contributed by atoms with Crippen LogP contribution in [-0.2, 0) is 4.79 Å². The number of carbonyl (C=O) groups excluding carboxylic acids is 1. The van der Waals surface area contributed by atoms with E-state index < -0.39 is 5.91 Å². The van der Waals surface area contributed by atoms with E-state index in [0.29, 0.717) is 22.4 Å². The zero-order chi connectivity index (χ0) is 17.5. The Hall–Kier alpha value is -3.53. The Morgan fingerprint density at radius 1 is 1.38 bits per heavy atom. The van der Waals surface area contributed by atoms with Gasteiger partial charge in [0.1, 0.15) is 23.3 Å². The van der Waals surface area contributed by atoms with Gasteiger partial charge in [-0.25, -0.2) is 5.43 Å². The van der Waals surface area contributed by atoms with Gasteiger partial charge in [-0.2, -0.15) is 10.4 Å². The fourth-order valence-corrected chi connectivity index (χ4v) is 1.96. The van der Waals surface area contributed by atoms with Gasteiger partial charge in [0.25, 0.3) is 5.91 Å². The van der Waals surface area contributed by atoms with Gasteiger partial charge in [0.05, 0.1) is 11.8 Å². The molecule has 0 aromatic heterocycles. The van der Waals surface area contributed by atoms with Crippen molar-refractivity contribution in [1.29, 1.82) is 5.26 Å². The van der Waals surface area contributed by atoms with E-state index in [1.807, 2.05) is 6.07 Å². The lowest BCUT2D eigenvalue weighted by Crippen LogP contribution is -2.24. The molecule has 0 fully saturated rings. The highest BCUT2D eigenvalue weighted by Gasteiger charge is 2.07. The number of ether oxygens (including phenoxy) is 1. The van der Waals surface area contributed by atoms with Gasteiger partial charge < -0.3 is 14.9 Å². The van der Waals surface area contributed by atoms with Gasteiger partial charge >= 0.3 is 0 Å². The first-order chi connectivity index (χ1) is 11.5. The monoisotopic (exact) mass is 325 g/mol. The minimum Gasteiger partial charge on any atom is -0.508 e. The summed E-state index contributed by atoms with van der Waals surface area (Å²) < 4.78 is 5.26. The Kier molecular flexibility index (Phi) is 5.36. The molecule has 0 atom stereocenters. The fourth-order valence-electron chi connectivity index (χ4n) is 1.96. The summed E-state index contributed by atoms with van der Waals surface area (Å²) >= 11 is 0. The lowest BCUT2D eigenvalue weighted by Gasteiger charge is -2.07. The number of para-hydroxylation sites is 1. The van der Waals surface area contributed by atoms with E-state index in [1.54, 1.807) is 31.2 Å². The average Bonchev–Trinajstić information content (AvgIpc) is 2.55. The molecule has 2 aromatic carbocycles. The third-order valence-electron chi connectivity index (χ3n) is 3.10. The molecule has 0 saturated heterocycles. The fraction of sp³-hybridized carbons (Fsp3) is 0.118. The van der Waals surface area contributed by atoms with Crippen molar-refractivity contribution in [3.05, 3.63) is 53.1 Å². The van der Waals surface area contributed by atoms with Crippen molar-refractivity contribution >= 4 is 12.1 Å². The molecule has 0 aliphatic heterocycles. The smallest absolute Gasteiger partial charge is 0.277 e. The number of nitriles is 1. The number of nitrogens with one attached hydrogen (secondary N) is 1. The van der Waals surface area contributed by atoms with Gasteiger partial charge in [0.2, 0.25) is 0 Å². The van der Waals surface area contributed by atoms with E-state index in [-0.39, 0.29) is 18.1 Å². The zero-order valence-electron chi connectivity index (χ0n) is 12.9. The highest BCUT2D eigenvalue weighted by Crippen LogP contribution is 2.25. The van der Waals surface area contributed by atoms with Gasteiger partial charge in [-0.15, -0.1) is 0 Å². The topological polar surface area (TPSA) is 115 Å². The Morgan fingerprint density at radius 3 is 2.83 bits per heavy atom. The van der Waals surface area contributed by atoms with Crippen molar-refractivity contribution in [2.24, 2.45) is 5.10 Å². The number of hydrogen-bond acceptors (Lipinski definition) is 6. The molecule has 24 heavy (non-hydrogen) atoms. The number of phenolic OH excluding ortho intramolecular Hbond substituents is 2. The van der Waals surface area contributed by atoms with E-state index in [1.165, 1.54) is 18.3 Å². The normalized spacial score (nSPS) is 10.3. The maximum atomic E-state index is 11.7. The molecule has 2 aromatic rings. The van der Waals surface area contributed by atoms with Crippen molar-refractivity contribution < 1.29 is 19.7 Å². The number of aromatic hydroxyl groups is 2. The number of amides is 1. The molecule has 2 rings (SSSR count). The van der Waals surface area contributed by atoms with Crippen molar-refractivity contribution in [3.8, 4) is 23.3 Å². The largest absolute Gasteiger partial charge is 0.508 e. The highest BCUT2D eigenvalue weighted by molar-refractivity contribution is 5.87. The van der Waals surface area contributed by atoms with Crippen LogP contribution in [0.5, 0.6) is 17.2 Å². The summed E-state index contributed by atoms with van der Waals surface area (Å²) in [6, 6.07) is 11.2. The number of aryl methyl sites for hydroxylation is 1. The molecule has 0 saturated carbocycles. The maximum Gasteiger partial charge on any atom is 0.277 e. The second-order valence-electron chi connectivity index (χ2n) is 4.89. The van der Waals surface area contributed by atoms with Gasteiger partial charge in [0.15, 0.2) is 6.61 Å². The van der Waals surface area contributed by atoms with Crippen LogP contribution in [0.15, 0.2) is 41.5 Å². The van der Waals surface area contributed by atoms with Crippen molar-refractivity contribution in [2.75, 3.05) is 6.61 Å². The van der Waals surface area contributed by atoms with E-state index in [2.05, 4.69) is 10.5 Å². The molecule has 7 heteroatoms. The molecular formula is C17H15N3O4. The zero-order valence-corrected chi connectivity index (χ0v) is 12.9. The predicted molar refractivity (Wildman–Crippen MR) is 86.9 cm³/mol. The van der Waals surface area contributed by atoms with Gasteiger partial charge in [-0.05, 0) is 30.7 Å². The van der Waals surface area contributed by atoms with E-state index in [9.17, 15) is 15.0 Å². The second-order valence-corrected chi connectivity index (χ2v) is 4.89. The lowest BCUT2D eigenvalue weighted by molar-refractivity contribution is -0.123. The minimum absolute atomic E-state index is 0.0595. The van der Waals surface area contributed by atoms with Crippen molar-refractivity contribution in [2.45, 2.75) is 6.92 Å². The van der Waals surface area contributed by atoms with Crippen LogP contribution in [0.2, 0.25) is 0 Å². The molecule has 3 N–H and O–H groups in total. The second kappa shape index (κ2) is 7.65. The minimum atomic E-state index is -0.519. The number of nitrogens with zero attached hydrogens (tertiary/aromatic N) is 2. The number of hydrogen-bond donors (Lipinski definition) is 3. The molecule has 0 aliphatic carbocycles. The molecule has 0 heterocycles. The molecule has 1 amide bonds. The molecule has 0 radical (unpaired) electrons. The lowest BCUT2D eigenvalue weighted by atomic mass is 10.1. The van der Waals surface area contributed by atoms with Gasteiger partial charge in [-0.1, -0.05) is 12.1 Å². The van der Waals surface area contributed by atoms with E-state index in [0.717, 1.165) is 0 Å². The maximum absolute atomic E-state index is 11.7. The summed E-state index contributed by atoms with van der Waals surface area (Å²) in [5.41, 5.74) is 3.57. The number of rotatable bonds is 5. The van der Waals surface area contributed by atoms with Crippen LogP contribution in [0.25, 0.3) is 0 Å². The van der Waals surface area contributed by atoms with Crippen LogP contribution in [0, 0.1) is 18.3 Å². The Balaban J connectivity index is 1.93. The number of carbonyl (C=O) groups is 1. The summed E-state index contributed by atoms with van der Waals surface area (Å²) in [5, 5.41) is 31.7. The predicted octanol–water partition coefficient (Wildman–Crippen LogP) is 1.81. The molecule has 0 aliphatic rings. The van der Waals surface area contributed by atoms with Crippen LogP contribution < -0.4 is 10.2 Å². The summed E-state index contributed by atoms with van der Waals surface area (Å²) in [6.07, 6.45) is 1.27. The molecule has 7 nitrogen and oxygen atoms in total. The van der Waals surface area contributed by atoms with Crippen LogP contribution in [0.1, 0.15) is 16.7 Å². The standard InChI is InChI=1S/C17H15N3O4/c1-11-6-13(21)7-15(22)14(11)9-19-20-17(23)10-24-16-5-3-2-4-12(16)8-18/h2-7,9,21-22H,10H2,1H3,(H,20,23)/b19-9-. The van der Waals surface area contributed by atoms with Crippen LogP contribution >= 0.6 is 0 Å². The molecule has 0 unspecified atom stereocenters. The van der Waals surface area contributed by atoms with Crippen molar-refractivity contribution in [3.63, 3.8) is 0 Å². The third-order valence-corrected chi connectivity index (χ3v) is 3.10. The van der Waals surface area contributed by atoms with E-state index >= 15 is 0 Å². The van der Waals surface area contributed by atoms with Crippen LogP contribution in [0.3, 0.4) is 0 Å². The third kappa shape index (κ3) is 4.24. The first-order valence-electron chi connectivity index (χ1n) is 6.97. The molecule has 122 valence electrons. The summed E-state index contributed by atoms with van der Waals surface area (Å²) in [4.78, 5) is 11.7. The van der Waals surface area contributed by atoms with Gasteiger partial charge in [0, 0.05) is 11.6 Å². The Morgan fingerprint density at radius 2 is 2.12 bits per heavy atom. The first kappa shape index (κ1) is 16.8. The molecule has 0 spiro atoms. The molecule has 0 bridgehead atoms. The number of hydrazone groups is 1. The van der Waals surface area contributed by atoms with Gasteiger partial charge in [-0.3, -0.25) is 4.79 Å². The number of benzene rings is 2. The molecular weight excluding hydrogens is 310 g/mol. The van der Waals surface area contributed by atoms with Crippen molar-refractivity contribution in [1.82, 2.24) is 5.43 Å². The summed E-state index contributed by atoms with van der Waals surface area (Å²) in [5.74, 6) is -0.415. The van der Waals surface area contributed by atoms with Crippen LogP contribution in [-0.4, -0.2) is 28.9 Å². The summed E-state index contributed by atoms with van der Waals surface area (Å²) in [6.45, 7) is 1.38. The Bertz CT molecular complexity index is 802. The average molecular weight is 325 g/mol. The van der Waals surface area contributed by atoms with E-state index in [4.69, 9.17) is 10.00 Å². The summed E-state index contributed by atoms with van der Waals surface area (Å²) in [7, 11) is 0. The SMILES string of the molecule is Cc1cc(O)cc(O)c1/C=N\NC(=O)COc1ccccc1C#N. The number of phenols is 2. The Labute approximate surface area is 138 Å². The van der Waals surface area contributed by atoms with Crippen LogP contribution in [0.4, 0.5) is 0 Å². The highest BCUT2D eigenvalue weighted by atomic mass is 16.5. The first-order valence-corrected chi connectivity index (χ1v) is 6.97. The quantitative estimate of drug-likeness (QED) is 0.573.